The lowest BCUT2D eigenvalue weighted by atomic mass is 10.1. The van der Waals surface area contributed by atoms with Crippen LogP contribution in [-0.2, 0) is 0 Å². The zero-order chi connectivity index (χ0) is 23.5. The Balaban J connectivity index is 1.39. The first-order chi connectivity index (χ1) is 16.7. The molecule has 0 spiro atoms. The van der Waals surface area contributed by atoms with Crippen LogP contribution < -0.4 is 4.90 Å². The first-order valence-corrected chi connectivity index (χ1v) is 11.8. The van der Waals surface area contributed by atoms with E-state index in [0.717, 1.165) is 32.5 Å². The van der Waals surface area contributed by atoms with Crippen LogP contribution in [0.4, 0.5) is 5.82 Å². The lowest BCUT2D eigenvalue weighted by molar-refractivity contribution is 0.431. The van der Waals surface area contributed by atoms with Crippen molar-refractivity contribution in [3.05, 3.63) is 54.1 Å². The van der Waals surface area contributed by atoms with Crippen LogP contribution in [-0.4, -0.2) is 42.8 Å². The highest BCUT2D eigenvalue weighted by atomic mass is 32.1. The Hall–Kier alpha value is -4.28. The summed E-state index contributed by atoms with van der Waals surface area (Å²) >= 11 is 1.58. The minimum absolute atomic E-state index is 0.119. The van der Waals surface area contributed by atoms with E-state index in [4.69, 9.17) is 4.98 Å². The zero-order valence-corrected chi connectivity index (χ0v) is 19.3. The van der Waals surface area contributed by atoms with Crippen molar-refractivity contribution in [1.29, 1.82) is 10.5 Å². The molecule has 0 saturated carbocycles. The second kappa shape index (κ2) is 9.30. The molecule has 0 aliphatic rings. The van der Waals surface area contributed by atoms with Gasteiger partial charge in [0.15, 0.2) is 0 Å². The van der Waals surface area contributed by atoms with Gasteiger partial charge in [-0.25, -0.2) is 15.0 Å². The molecule has 5 aromatic rings. The molecule has 0 radical (unpaired) electrons. The number of hydrogen-bond donors (Lipinski definition) is 1. The van der Waals surface area contributed by atoms with Crippen molar-refractivity contribution in [3.63, 3.8) is 0 Å². The molecular formula is C24H21N9S. The van der Waals surface area contributed by atoms with Gasteiger partial charge < -0.3 is 9.88 Å². The molecule has 0 aliphatic carbocycles. The maximum Gasteiger partial charge on any atom is 0.147 e. The summed E-state index contributed by atoms with van der Waals surface area (Å²) in [7, 11) is 0. The Morgan fingerprint density at radius 3 is 3.00 bits per heavy atom. The fourth-order valence-electron chi connectivity index (χ4n) is 4.12. The Morgan fingerprint density at radius 2 is 2.18 bits per heavy atom. The third-order valence-corrected chi connectivity index (χ3v) is 6.73. The van der Waals surface area contributed by atoms with Crippen LogP contribution in [0.15, 0.2) is 48.5 Å². The number of aromatic amines is 1. The summed E-state index contributed by atoms with van der Waals surface area (Å²) in [6.07, 6.45) is 8.08. The van der Waals surface area contributed by atoms with Gasteiger partial charge in [-0.1, -0.05) is 0 Å². The van der Waals surface area contributed by atoms with Crippen molar-refractivity contribution >= 4 is 38.4 Å². The van der Waals surface area contributed by atoms with Gasteiger partial charge in [0.2, 0.25) is 0 Å². The summed E-state index contributed by atoms with van der Waals surface area (Å²) in [4.78, 5) is 18.6. The molecule has 0 fully saturated rings. The second-order valence-electron chi connectivity index (χ2n) is 7.83. The van der Waals surface area contributed by atoms with E-state index in [1.54, 1.807) is 17.5 Å². The highest BCUT2D eigenvalue weighted by Crippen LogP contribution is 2.29. The topological polar surface area (TPSA) is 123 Å². The Labute approximate surface area is 199 Å². The highest BCUT2D eigenvalue weighted by Gasteiger charge is 2.19. The van der Waals surface area contributed by atoms with Crippen molar-refractivity contribution in [2.75, 3.05) is 18.0 Å². The van der Waals surface area contributed by atoms with E-state index in [1.807, 2.05) is 47.6 Å². The van der Waals surface area contributed by atoms with Gasteiger partial charge in [-0.2, -0.15) is 15.6 Å². The molecule has 10 heteroatoms. The molecule has 1 atom stereocenters. The van der Waals surface area contributed by atoms with E-state index in [9.17, 15) is 10.5 Å². The molecule has 0 aromatic carbocycles. The summed E-state index contributed by atoms with van der Waals surface area (Å²) in [6.45, 7) is 3.39. The normalized spacial score (nSPS) is 12.0. The summed E-state index contributed by atoms with van der Waals surface area (Å²) < 4.78 is 2.84. The Bertz CT molecular complexity index is 1530. The fourth-order valence-corrected chi connectivity index (χ4v) is 4.89. The van der Waals surface area contributed by atoms with Crippen molar-refractivity contribution in [2.24, 2.45) is 0 Å². The lowest BCUT2D eigenvalue weighted by Crippen LogP contribution is -2.28. The minimum atomic E-state index is -0.119. The van der Waals surface area contributed by atoms with E-state index in [-0.39, 0.29) is 6.04 Å². The molecular weight excluding hydrogens is 446 g/mol. The number of thiophene rings is 1. The van der Waals surface area contributed by atoms with E-state index in [0.29, 0.717) is 37.3 Å². The molecule has 168 valence electrons. The number of rotatable bonds is 8. The van der Waals surface area contributed by atoms with E-state index in [2.05, 4.69) is 37.1 Å². The van der Waals surface area contributed by atoms with Crippen LogP contribution in [0.25, 0.3) is 32.5 Å². The smallest absolute Gasteiger partial charge is 0.147 e. The molecule has 1 unspecified atom stereocenters. The fraction of sp³-hybridized carbons (Fsp3) is 0.250. The van der Waals surface area contributed by atoms with E-state index in [1.165, 1.54) is 6.33 Å². The number of aromatic nitrogens is 6. The van der Waals surface area contributed by atoms with Gasteiger partial charge in [-0.3, -0.25) is 4.68 Å². The number of nitrogens with zero attached hydrogens (tertiary/aromatic N) is 8. The minimum Gasteiger partial charge on any atom is -0.356 e. The predicted molar refractivity (Wildman–Crippen MR) is 131 cm³/mol. The first-order valence-electron chi connectivity index (χ1n) is 10.9. The molecule has 0 aliphatic heterocycles. The van der Waals surface area contributed by atoms with Crippen LogP contribution >= 0.6 is 11.3 Å². The van der Waals surface area contributed by atoms with Gasteiger partial charge in [0.05, 0.1) is 46.2 Å². The predicted octanol–water partition coefficient (Wildman–Crippen LogP) is 4.67. The number of fused-ring (bicyclic) bond motifs is 2. The summed E-state index contributed by atoms with van der Waals surface area (Å²) in [5.74, 6) is 0.684. The Kier molecular flexibility index (Phi) is 5.90. The maximum atomic E-state index is 9.69. The number of nitrogens with one attached hydrogen (secondary N) is 1. The van der Waals surface area contributed by atoms with Crippen LogP contribution in [0.1, 0.15) is 31.4 Å². The number of hydrogen-bond acceptors (Lipinski definition) is 8. The van der Waals surface area contributed by atoms with Gasteiger partial charge in [0.1, 0.15) is 23.9 Å². The summed E-state index contributed by atoms with van der Waals surface area (Å²) in [5.41, 5.74) is 3.90. The van der Waals surface area contributed by atoms with Crippen LogP contribution in [0.5, 0.6) is 0 Å². The largest absolute Gasteiger partial charge is 0.356 e. The third kappa shape index (κ3) is 3.96. The molecule has 9 nitrogen and oxygen atoms in total. The highest BCUT2D eigenvalue weighted by molar-refractivity contribution is 7.17. The van der Waals surface area contributed by atoms with Gasteiger partial charge in [0, 0.05) is 36.4 Å². The van der Waals surface area contributed by atoms with Crippen molar-refractivity contribution < 1.29 is 0 Å². The van der Waals surface area contributed by atoms with Gasteiger partial charge in [-0.05, 0) is 36.9 Å². The van der Waals surface area contributed by atoms with Crippen molar-refractivity contribution in [3.8, 4) is 23.4 Å². The standard InChI is InChI=1S/C24H21N9S/c1-2-32(24-16(12-26)11-21-20(31-24)6-10-34-21)9-5-18(3-7-25)33-14-17(13-30-33)22-19-4-8-27-23(19)29-15-28-22/h4,6,8,10-11,13-15,18H,2-3,5,9H2,1H3,(H,27,28,29). The molecule has 0 amide bonds. The molecule has 0 bridgehead atoms. The molecule has 34 heavy (non-hydrogen) atoms. The van der Waals surface area contributed by atoms with Gasteiger partial charge >= 0.3 is 0 Å². The first kappa shape index (κ1) is 21.6. The van der Waals surface area contributed by atoms with Crippen molar-refractivity contribution in [1.82, 2.24) is 29.7 Å². The number of pyridine rings is 1. The number of anilines is 1. The quantitative estimate of drug-likeness (QED) is 0.351. The van der Waals surface area contributed by atoms with E-state index >= 15 is 0 Å². The average molecular weight is 468 g/mol. The molecule has 5 rings (SSSR count). The molecule has 5 aromatic heterocycles. The molecule has 5 heterocycles. The average Bonchev–Trinajstić information content (AvgIpc) is 3.63. The number of nitriles is 2. The summed E-state index contributed by atoms with van der Waals surface area (Å²) in [6, 6.07) is 10.3. The SMILES string of the molecule is CCN(CCC(CC#N)n1cc(-c2ncnc3[nH]ccc23)cn1)c1nc2ccsc2cc1C#N. The lowest BCUT2D eigenvalue weighted by Gasteiger charge is -2.25. The maximum absolute atomic E-state index is 9.69. The summed E-state index contributed by atoms with van der Waals surface area (Å²) in [5, 5.41) is 26.6. The third-order valence-electron chi connectivity index (χ3n) is 5.88. The van der Waals surface area contributed by atoms with Crippen LogP contribution in [0.2, 0.25) is 0 Å². The second-order valence-corrected chi connectivity index (χ2v) is 8.78. The molecule has 0 saturated heterocycles. The van der Waals surface area contributed by atoms with Crippen LogP contribution in [0, 0.1) is 22.7 Å². The Morgan fingerprint density at radius 1 is 1.26 bits per heavy atom. The zero-order valence-electron chi connectivity index (χ0n) is 18.5. The van der Waals surface area contributed by atoms with E-state index < -0.39 is 0 Å². The van der Waals surface area contributed by atoms with Crippen LogP contribution in [0.3, 0.4) is 0 Å². The number of H-pyrrole nitrogens is 1. The van der Waals surface area contributed by atoms with Gasteiger partial charge in [-0.15, -0.1) is 11.3 Å². The monoisotopic (exact) mass is 467 g/mol. The van der Waals surface area contributed by atoms with Crippen molar-refractivity contribution in [2.45, 2.75) is 25.8 Å². The molecule has 1 N–H and O–H groups in total. The van der Waals surface area contributed by atoms with Gasteiger partial charge in [0.25, 0.3) is 0 Å².